The van der Waals surface area contributed by atoms with E-state index in [0.717, 1.165) is 0 Å². The van der Waals surface area contributed by atoms with Crippen LogP contribution < -0.4 is 5.32 Å². The molecule has 8 heteroatoms. The zero-order chi connectivity index (χ0) is 15.3. The van der Waals surface area contributed by atoms with Gasteiger partial charge in [-0.3, -0.25) is 14.7 Å². The summed E-state index contributed by atoms with van der Waals surface area (Å²) in [5, 5.41) is 26.4. The second-order valence-corrected chi connectivity index (χ2v) is 4.46. The van der Waals surface area contributed by atoms with E-state index in [1.807, 2.05) is 0 Å². The molecule has 0 unspecified atom stereocenters. The molecule has 0 spiro atoms. The van der Waals surface area contributed by atoms with Gasteiger partial charge in [0.05, 0.1) is 11.3 Å². The van der Waals surface area contributed by atoms with Crippen molar-refractivity contribution in [3.05, 3.63) is 17.0 Å². The molecule has 0 bridgehead atoms. The second kappa shape index (κ2) is 6.69. The number of carboxylic acid groups (broad SMARTS) is 2. The fraction of sp³-hybridized carbons (Fsp3) is 0.500. The van der Waals surface area contributed by atoms with Gasteiger partial charge < -0.3 is 15.5 Å². The first-order valence-electron chi connectivity index (χ1n) is 6.10. The molecule has 0 saturated carbocycles. The normalized spacial score (nSPS) is 11.9. The number of nitrogens with zero attached hydrogens (tertiary/aromatic N) is 1. The highest BCUT2D eigenvalue weighted by atomic mass is 16.4. The summed E-state index contributed by atoms with van der Waals surface area (Å²) >= 11 is 0. The van der Waals surface area contributed by atoms with Crippen LogP contribution in [0.15, 0.2) is 0 Å². The first kappa shape index (κ1) is 15.7. The van der Waals surface area contributed by atoms with Crippen LogP contribution >= 0.6 is 0 Å². The molecule has 4 N–H and O–H groups in total. The minimum atomic E-state index is -1.19. The third kappa shape index (κ3) is 4.08. The Kier molecular flexibility index (Phi) is 5.24. The van der Waals surface area contributed by atoms with Crippen LogP contribution in [0.4, 0.5) is 0 Å². The highest BCUT2D eigenvalue weighted by molar-refractivity contribution is 5.98. The first-order chi connectivity index (χ1) is 9.32. The van der Waals surface area contributed by atoms with Crippen molar-refractivity contribution in [1.29, 1.82) is 0 Å². The lowest BCUT2D eigenvalue weighted by atomic mass is 10.1. The summed E-state index contributed by atoms with van der Waals surface area (Å²) in [6.45, 7) is 3.30. The molecule has 0 aliphatic rings. The van der Waals surface area contributed by atoms with E-state index in [-0.39, 0.29) is 19.3 Å². The van der Waals surface area contributed by atoms with Crippen LogP contribution in [0.2, 0.25) is 0 Å². The third-order valence-corrected chi connectivity index (χ3v) is 2.84. The number of carboxylic acids is 2. The molecule has 0 aromatic carbocycles. The molecular weight excluding hydrogens is 266 g/mol. The van der Waals surface area contributed by atoms with Crippen molar-refractivity contribution >= 4 is 17.8 Å². The maximum atomic E-state index is 12.0. The summed E-state index contributed by atoms with van der Waals surface area (Å²) in [5.74, 6) is -2.72. The minimum absolute atomic E-state index is 0.0588. The van der Waals surface area contributed by atoms with Crippen LogP contribution in [-0.2, 0) is 9.59 Å². The minimum Gasteiger partial charge on any atom is -0.481 e. The van der Waals surface area contributed by atoms with E-state index in [2.05, 4.69) is 15.5 Å². The Labute approximate surface area is 115 Å². The van der Waals surface area contributed by atoms with E-state index < -0.39 is 23.9 Å². The van der Waals surface area contributed by atoms with Crippen molar-refractivity contribution < 1.29 is 24.6 Å². The molecule has 110 valence electrons. The monoisotopic (exact) mass is 283 g/mol. The second-order valence-electron chi connectivity index (χ2n) is 4.46. The van der Waals surface area contributed by atoms with Crippen LogP contribution in [0, 0.1) is 13.8 Å². The highest BCUT2D eigenvalue weighted by Gasteiger charge is 2.23. The molecule has 1 aromatic heterocycles. The smallest absolute Gasteiger partial charge is 0.326 e. The number of H-pyrrole nitrogens is 1. The van der Waals surface area contributed by atoms with Gasteiger partial charge in [-0.25, -0.2) is 4.79 Å². The van der Waals surface area contributed by atoms with Crippen LogP contribution in [0.1, 0.15) is 41.0 Å². The highest BCUT2D eigenvalue weighted by Crippen LogP contribution is 2.10. The van der Waals surface area contributed by atoms with E-state index in [4.69, 9.17) is 10.2 Å². The number of hydrogen-bond acceptors (Lipinski definition) is 4. The van der Waals surface area contributed by atoms with E-state index in [1.54, 1.807) is 13.8 Å². The molecule has 0 aliphatic carbocycles. The fourth-order valence-corrected chi connectivity index (χ4v) is 1.83. The van der Waals surface area contributed by atoms with E-state index in [9.17, 15) is 14.4 Å². The maximum absolute atomic E-state index is 12.0. The molecule has 0 radical (unpaired) electrons. The summed E-state index contributed by atoms with van der Waals surface area (Å²) in [6.07, 6.45) is 0.0999. The Bertz CT molecular complexity index is 504. The quantitative estimate of drug-likeness (QED) is 0.574. The Morgan fingerprint density at radius 1 is 1.30 bits per heavy atom. The van der Waals surface area contributed by atoms with Crippen molar-refractivity contribution in [1.82, 2.24) is 15.5 Å². The largest absolute Gasteiger partial charge is 0.481 e. The lowest BCUT2D eigenvalue weighted by Crippen LogP contribution is -2.41. The Hall–Kier alpha value is -2.38. The predicted octanol–water partition coefficient (Wildman–Crippen LogP) is 0.464. The van der Waals surface area contributed by atoms with Crippen LogP contribution in [-0.4, -0.2) is 44.3 Å². The van der Waals surface area contributed by atoms with Gasteiger partial charge in [-0.05, 0) is 26.7 Å². The summed E-state index contributed by atoms with van der Waals surface area (Å²) in [7, 11) is 0. The standard InChI is InChI=1S/C12H17N3O5/c1-6-10(7(2)15-14-6)11(18)13-8(12(19)20)4-3-5-9(16)17/h8H,3-5H2,1-2H3,(H,13,18)(H,14,15)(H,16,17)(H,19,20)/t8-/m1/s1. The summed E-state index contributed by atoms with van der Waals surface area (Å²) < 4.78 is 0. The summed E-state index contributed by atoms with van der Waals surface area (Å²) in [5.41, 5.74) is 1.35. The van der Waals surface area contributed by atoms with Gasteiger partial charge in [0.2, 0.25) is 0 Å². The van der Waals surface area contributed by atoms with Gasteiger partial charge in [-0.1, -0.05) is 0 Å². The average Bonchev–Trinajstić information content (AvgIpc) is 2.67. The Morgan fingerprint density at radius 2 is 1.95 bits per heavy atom. The molecule has 0 saturated heterocycles. The number of carbonyl (C=O) groups is 3. The molecular formula is C12H17N3O5. The van der Waals surface area contributed by atoms with Crippen LogP contribution in [0.25, 0.3) is 0 Å². The van der Waals surface area contributed by atoms with Gasteiger partial charge in [0.15, 0.2) is 0 Å². The maximum Gasteiger partial charge on any atom is 0.326 e. The van der Waals surface area contributed by atoms with E-state index in [1.165, 1.54) is 0 Å². The number of nitrogens with one attached hydrogen (secondary N) is 2. The topological polar surface area (TPSA) is 132 Å². The van der Waals surface area contributed by atoms with Gasteiger partial charge in [0.25, 0.3) is 5.91 Å². The molecule has 1 atom stereocenters. The molecule has 0 aliphatic heterocycles. The van der Waals surface area contributed by atoms with Gasteiger partial charge >= 0.3 is 11.9 Å². The fourth-order valence-electron chi connectivity index (χ4n) is 1.83. The van der Waals surface area contributed by atoms with E-state index >= 15 is 0 Å². The number of amides is 1. The predicted molar refractivity (Wildman–Crippen MR) is 68.4 cm³/mol. The third-order valence-electron chi connectivity index (χ3n) is 2.84. The van der Waals surface area contributed by atoms with Crippen molar-refractivity contribution in [2.75, 3.05) is 0 Å². The Morgan fingerprint density at radius 3 is 2.40 bits per heavy atom. The van der Waals surface area contributed by atoms with Gasteiger partial charge in [-0.2, -0.15) is 5.10 Å². The summed E-state index contributed by atoms with van der Waals surface area (Å²) in [6, 6.07) is -1.12. The number of aryl methyl sites for hydroxylation is 2. The molecule has 1 rings (SSSR count). The number of carbonyl (C=O) groups excluding carboxylic acids is 1. The van der Waals surface area contributed by atoms with Crippen molar-refractivity contribution in [2.45, 2.75) is 39.2 Å². The van der Waals surface area contributed by atoms with E-state index in [0.29, 0.717) is 17.0 Å². The number of aromatic nitrogens is 2. The number of aromatic amines is 1. The molecule has 1 aromatic rings. The van der Waals surface area contributed by atoms with Crippen LogP contribution in [0.3, 0.4) is 0 Å². The van der Waals surface area contributed by atoms with Crippen LogP contribution in [0.5, 0.6) is 0 Å². The zero-order valence-corrected chi connectivity index (χ0v) is 11.3. The lowest BCUT2D eigenvalue weighted by Gasteiger charge is -2.14. The SMILES string of the molecule is Cc1n[nH]c(C)c1C(=O)N[C@H](CCCC(=O)O)C(=O)O. The Balaban J connectivity index is 2.68. The van der Waals surface area contributed by atoms with Gasteiger partial charge in [0.1, 0.15) is 6.04 Å². The first-order valence-corrected chi connectivity index (χ1v) is 6.10. The van der Waals surface area contributed by atoms with Crippen molar-refractivity contribution in [3.8, 4) is 0 Å². The molecule has 0 fully saturated rings. The van der Waals surface area contributed by atoms with Crippen molar-refractivity contribution in [3.63, 3.8) is 0 Å². The molecule has 8 nitrogen and oxygen atoms in total. The molecule has 20 heavy (non-hydrogen) atoms. The average molecular weight is 283 g/mol. The zero-order valence-electron chi connectivity index (χ0n) is 11.3. The number of rotatable bonds is 7. The molecule has 1 heterocycles. The summed E-state index contributed by atoms with van der Waals surface area (Å²) in [4.78, 5) is 33.5. The lowest BCUT2D eigenvalue weighted by molar-refractivity contribution is -0.140. The number of hydrogen-bond donors (Lipinski definition) is 4. The number of aliphatic carboxylic acids is 2. The molecule has 1 amide bonds. The van der Waals surface area contributed by atoms with Gasteiger partial charge in [-0.15, -0.1) is 0 Å². The van der Waals surface area contributed by atoms with Crippen molar-refractivity contribution in [2.24, 2.45) is 0 Å². The van der Waals surface area contributed by atoms with Gasteiger partial charge in [0, 0.05) is 12.1 Å².